The molecule has 40 heavy (non-hydrogen) atoms. The van der Waals surface area contributed by atoms with Gasteiger partial charge in [0.1, 0.15) is 19.8 Å². The van der Waals surface area contributed by atoms with Crippen LogP contribution in [0.4, 0.5) is 17.1 Å². The first-order valence-electron chi connectivity index (χ1n) is 11.9. The summed E-state index contributed by atoms with van der Waals surface area (Å²) in [5.41, 5.74) is 0.620. The van der Waals surface area contributed by atoms with Crippen LogP contribution in [-0.4, -0.2) is 25.0 Å². The number of hydrogen-bond acceptors (Lipinski definition) is 9. The van der Waals surface area contributed by atoms with Gasteiger partial charge in [-0.05, 0) is 29.5 Å². The minimum Gasteiger partial charge on any atom is -0.485 e. The van der Waals surface area contributed by atoms with E-state index in [-0.39, 0.29) is 54.1 Å². The van der Waals surface area contributed by atoms with Crippen LogP contribution in [0, 0.1) is 30.3 Å². The van der Waals surface area contributed by atoms with E-state index in [1.54, 1.807) is 66.7 Å². The maximum absolute atomic E-state index is 11.5. The zero-order chi connectivity index (χ0) is 28.6. The van der Waals surface area contributed by atoms with Crippen molar-refractivity contribution in [3.8, 4) is 17.2 Å². The highest BCUT2D eigenvalue weighted by atomic mass is 28.1. The second-order valence-corrected chi connectivity index (χ2v) is 9.64. The number of benzene rings is 4. The van der Waals surface area contributed by atoms with E-state index in [1.165, 1.54) is 18.2 Å². The zero-order valence-electron chi connectivity index (χ0n) is 21.2. The lowest BCUT2D eigenvalue weighted by Crippen LogP contribution is -2.14. The molecule has 13 heteroatoms. The van der Waals surface area contributed by atoms with Crippen molar-refractivity contribution in [2.24, 2.45) is 0 Å². The molecule has 0 fully saturated rings. The molecule has 0 spiro atoms. The lowest BCUT2D eigenvalue weighted by Gasteiger charge is -2.19. The summed E-state index contributed by atoms with van der Waals surface area (Å²) in [5.74, 6) is 0.583. The topological polar surface area (TPSA) is 157 Å². The van der Waals surface area contributed by atoms with Crippen LogP contribution in [0.15, 0.2) is 84.9 Å². The molecule has 0 radical (unpaired) electrons. The minimum atomic E-state index is -0.514. The van der Waals surface area contributed by atoms with Gasteiger partial charge in [-0.15, -0.1) is 0 Å². The van der Waals surface area contributed by atoms with Gasteiger partial charge in [0.15, 0.2) is 11.5 Å². The minimum absolute atomic E-state index is 0.108. The Kier molecular flexibility index (Phi) is 8.66. The van der Waals surface area contributed by atoms with Crippen LogP contribution in [0.25, 0.3) is 0 Å². The number of nitrogens with zero attached hydrogens (tertiary/aromatic N) is 3. The van der Waals surface area contributed by atoms with Crippen molar-refractivity contribution >= 4 is 32.5 Å². The van der Waals surface area contributed by atoms with E-state index in [0.29, 0.717) is 26.9 Å². The molecule has 0 bridgehead atoms. The Hall–Kier alpha value is -5.30. The van der Waals surface area contributed by atoms with Crippen LogP contribution < -0.4 is 19.4 Å². The highest BCUT2D eigenvalue weighted by Gasteiger charge is 2.22. The average molecular weight is 562 g/mol. The van der Waals surface area contributed by atoms with Crippen molar-refractivity contribution in [2.75, 3.05) is 0 Å². The molecule has 204 valence electrons. The normalized spacial score (nSPS) is 10.6. The molecule has 4 aromatic carbocycles. The molecule has 0 aliphatic rings. The molecule has 4 aromatic rings. The van der Waals surface area contributed by atoms with E-state index in [2.05, 4.69) is 0 Å². The largest absolute Gasteiger partial charge is 0.485 e. The van der Waals surface area contributed by atoms with Crippen molar-refractivity contribution in [3.05, 3.63) is 132 Å². The van der Waals surface area contributed by atoms with Crippen LogP contribution in [0.5, 0.6) is 17.2 Å². The van der Waals surface area contributed by atoms with Gasteiger partial charge in [0.25, 0.3) is 17.1 Å². The highest BCUT2D eigenvalue weighted by molar-refractivity contribution is 6.34. The van der Waals surface area contributed by atoms with Crippen LogP contribution in [0.2, 0.25) is 0 Å². The maximum atomic E-state index is 11.5. The van der Waals surface area contributed by atoms with Gasteiger partial charge in [0.2, 0.25) is 5.75 Å². The number of ether oxygens (including phenoxy) is 3. The van der Waals surface area contributed by atoms with Gasteiger partial charge in [0.05, 0.1) is 31.5 Å². The summed E-state index contributed by atoms with van der Waals surface area (Å²) < 4.78 is 18.1. The fraction of sp³-hybridized carbons (Fsp3) is 0.111. The Morgan fingerprint density at radius 3 is 1.32 bits per heavy atom. The van der Waals surface area contributed by atoms with Crippen LogP contribution in [-0.2, 0) is 19.8 Å². The molecular weight excluding hydrogens is 538 g/mol. The Labute approximate surface area is 230 Å². The molecule has 12 nitrogen and oxygen atoms in total. The van der Waals surface area contributed by atoms with Crippen LogP contribution in [0.3, 0.4) is 0 Å². The standard InChI is InChI=1S/C27H23N3O9Si/c31-28(32)21-10-4-1-7-18(21)15-37-24-13-14-25(40)27(39-17-20-9-3-6-12-23(20)30(35)36)26(24)38-16-19-8-2-5-11-22(19)29(33)34/h1-14H,15-17H2,40H3. The van der Waals surface area contributed by atoms with E-state index in [1.807, 2.05) is 0 Å². The number of nitro groups is 3. The zero-order valence-corrected chi connectivity index (χ0v) is 23.2. The van der Waals surface area contributed by atoms with Gasteiger partial charge in [-0.3, -0.25) is 30.3 Å². The summed E-state index contributed by atoms with van der Waals surface area (Å²) in [6.07, 6.45) is 0. The molecule has 0 unspecified atom stereocenters. The molecule has 0 aliphatic heterocycles. The van der Waals surface area contributed by atoms with E-state index in [9.17, 15) is 30.3 Å². The molecule has 0 heterocycles. The molecule has 0 aliphatic carbocycles. The van der Waals surface area contributed by atoms with Crippen molar-refractivity contribution in [1.29, 1.82) is 0 Å². The van der Waals surface area contributed by atoms with Gasteiger partial charge in [-0.25, -0.2) is 0 Å². The maximum Gasteiger partial charge on any atom is 0.276 e. The number of rotatable bonds is 12. The van der Waals surface area contributed by atoms with Crippen molar-refractivity contribution in [2.45, 2.75) is 19.8 Å². The number of hydrogen-bond donors (Lipinski definition) is 0. The Morgan fingerprint density at radius 2 is 0.900 bits per heavy atom. The third-order valence-electron chi connectivity index (χ3n) is 5.97. The first-order valence-corrected chi connectivity index (χ1v) is 12.9. The first kappa shape index (κ1) is 27.7. The van der Waals surface area contributed by atoms with Crippen molar-refractivity contribution in [3.63, 3.8) is 0 Å². The number of para-hydroxylation sites is 3. The summed E-state index contributed by atoms with van der Waals surface area (Å²) >= 11 is 0. The van der Waals surface area contributed by atoms with E-state index in [4.69, 9.17) is 14.2 Å². The lowest BCUT2D eigenvalue weighted by atomic mass is 10.2. The van der Waals surface area contributed by atoms with E-state index in [0.717, 1.165) is 5.19 Å². The van der Waals surface area contributed by atoms with Gasteiger partial charge >= 0.3 is 0 Å². The highest BCUT2D eigenvalue weighted by Crippen LogP contribution is 2.38. The van der Waals surface area contributed by atoms with E-state index >= 15 is 0 Å². The molecule has 4 rings (SSSR count). The van der Waals surface area contributed by atoms with E-state index < -0.39 is 14.8 Å². The molecule has 0 aromatic heterocycles. The van der Waals surface area contributed by atoms with Crippen molar-refractivity contribution < 1.29 is 29.0 Å². The van der Waals surface area contributed by atoms with Crippen LogP contribution >= 0.6 is 0 Å². The molecule has 0 atom stereocenters. The Bertz CT molecular complexity index is 1580. The fourth-order valence-electron chi connectivity index (χ4n) is 3.96. The van der Waals surface area contributed by atoms with Crippen LogP contribution in [0.1, 0.15) is 16.7 Å². The molecule has 0 saturated carbocycles. The molecular formula is C27H23N3O9Si. The van der Waals surface area contributed by atoms with Gasteiger partial charge < -0.3 is 14.2 Å². The van der Waals surface area contributed by atoms with Gasteiger partial charge in [0, 0.05) is 28.4 Å². The van der Waals surface area contributed by atoms with Crippen molar-refractivity contribution in [1.82, 2.24) is 0 Å². The Balaban J connectivity index is 1.69. The van der Waals surface area contributed by atoms with Gasteiger partial charge in [-0.1, -0.05) is 42.5 Å². The fourth-order valence-corrected chi connectivity index (χ4v) is 4.50. The van der Waals surface area contributed by atoms with Gasteiger partial charge in [-0.2, -0.15) is 0 Å². The Morgan fingerprint density at radius 1 is 0.525 bits per heavy atom. The molecule has 0 saturated heterocycles. The summed E-state index contributed by atoms with van der Waals surface area (Å²) in [7, 11) is 0.500. The second kappa shape index (κ2) is 12.5. The molecule has 0 amide bonds. The number of nitro benzene ring substituents is 3. The summed E-state index contributed by atoms with van der Waals surface area (Å²) in [6.45, 7) is -0.517. The third kappa shape index (κ3) is 6.39. The first-order chi connectivity index (χ1) is 19.3. The monoisotopic (exact) mass is 561 g/mol. The quantitative estimate of drug-likeness (QED) is 0.141. The molecule has 0 N–H and O–H groups in total. The smallest absolute Gasteiger partial charge is 0.276 e. The summed E-state index contributed by atoms with van der Waals surface area (Å²) in [4.78, 5) is 32.9. The second-order valence-electron chi connectivity index (χ2n) is 8.56. The average Bonchev–Trinajstić information content (AvgIpc) is 2.95. The summed E-state index contributed by atoms with van der Waals surface area (Å²) in [6, 6.07) is 21.8. The third-order valence-corrected chi connectivity index (χ3v) is 6.75. The predicted molar refractivity (Wildman–Crippen MR) is 148 cm³/mol. The predicted octanol–water partition coefficient (Wildman–Crippen LogP) is 4.14. The lowest BCUT2D eigenvalue weighted by molar-refractivity contribution is -0.386. The summed E-state index contributed by atoms with van der Waals surface area (Å²) in [5, 5.41) is 35.2. The SMILES string of the molecule is O=[N+]([O-])c1ccccc1COc1ccc([SiH3])c(OCc2ccccc2[N+](=O)[O-])c1OCc1ccccc1[N+](=O)[O-].